The third kappa shape index (κ3) is 6.16. The lowest BCUT2D eigenvalue weighted by Gasteiger charge is -2.26. The van der Waals surface area contributed by atoms with Crippen molar-refractivity contribution in [2.75, 3.05) is 12.4 Å². The van der Waals surface area contributed by atoms with Crippen LogP contribution < -0.4 is 4.74 Å². The smallest absolute Gasteiger partial charge is 0.284 e. The Morgan fingerprint density at radius 3 is 2.46 bits per heavy atom. The molecule has 26 heavy (non-hydrogen) atoms. The molecule has 0 bridgehead atoms. The lowest BCUT2D eigenvalue weighted by molar-refractivity contribution is 0.309. The summed E-state index contributed by atoms with van der Waals surface area (Å²) in [6, 6.07) is 6.65. The van der Waals surface area contributed by atoms with E-state index in [1.807, 2.05) is 0 Å². The standard InChI is InChI=1S/C20H30N2O2S2/c1-19(2,3)14-8-9-15(20(4,5)6)16(12-14)23-10-7-11-26-13-17-21-22-18(25)24-17/h8-9,12H,7,10-11,13H2,1-6H3,(H,22,25). The molecule has 0 saturated carbocycles. The normalized spacial score (nSPS) is 12.4. The van der Waals surface area contributed by atoms with Crippen LogP contribution in [0.2, 0.25) is 0 Å². The SMILES string of the molecule is CC(C)(C)c1ccc(C(C)(C)C)c(OCCCSCc2n[nH]c(=S)o2)c1. The molecule has 6 heteroatoms. The van der Waals surface area contributed by atoms with Crippen molar-refractivity contribution in [1.82, 2.24) is 10.2 Å². The molecule has 0 aliphatic heterocycles. The fourth-order valence-corrected chi connectivity index (χ4v) is 3.46. The van der Waals surface area contributed by atoms with Crippen molar-refractivity contribution >= 4 is 24.0 Å². The van der Waals surface area contributed by atoms with Gasteiger partial charge < -0.3 is 9.15 Å². The summed E-state index contributed by atoms with van der Waals surface area (Å²) in [5.74, 6) is 3.36. The first kappa shape index (κ1) is 21.0. The van der Waals surface area contributed by atoms with E-state index < -0.39 is 0 Å². The Morgan fingerprint density at radius 2 is 1.88 bits per heavy atom. The fraction of sp³-hybridized carbons (Fsp3) is 0.600. The van der Waals surface area contributed by atoms with E-state index in [9.17, 15) is 0 Å². The molecule has 0 amide bonds. The van der Waals surface area contributed by atoms with Gasteiger partial charge in [0.05, 0.1) is 12.4 Å². The van der Waals surface area contributed by atoms with E-state index in [0.29, 0.717) is 17.3 Å². The molecule has 1 aromatic carbocycles. The van der Waals surface area contributed by atoms with Gasteiger partial charge in [-0.25, -0.2) is 5.10 Å². The molecule has 1 heterocycles. The summed E-state index contributed by atoms with van der Waals surface area (Å²) in [5, 5.41) is 6.64. The van der Waals surface area contributed by atoms with Crippen LogP contribution >= 0.6 is 24.0 Å². The summed E-state index contributed by atoms with van der Waals surface area (Å²) in [6.07, 6.45) is 0.971. The van der Waals surface area contributed by atoms with Crippen molar-refractivity contribution < 1.29 is 9.15 Å². The Morgan fingerprint density at radius 1 is 1.15 bits per heavy atom. The summed E-state index contributed by atoms with van der Waals surface area (Å²) in [6.45, 7) is 14.1. The van der Waals surface area contributed by atoms with Gasteiger partial charge in [-0.1, -0.05) is 53.7 Å². The van der Waals surface area contributed by atoms with E-state index >= 15 is 0 Å². The molecule has 0 atom stereocenters. The highest BCUT2D eigenvalue weighted by Gasteiger charge is 2.22. The molecular formula is C20H30N2O2S2. The summed E-state index contributed by atoms with van der Waals surface area (Å²) in [5.41, 5.74) is 2.73. The zero-order valence-electron chi connectivity index (χ0n) is 16.6. The second-order valence-electron chi connectivity index (χ2n) is 8.47. The predicted octanol–water partition coefficient (Wildman–Crippen LogP) is 6.03. The van der Waals surface area contributed by atoms with Gasteiger partial charge in [0.15, 0.2) is 0 Å². The number of rotatable bonds is 7. The van der Waals surface area contributed by atoms with Gasteiger partial charge in [-0.3, -0.25) is 0 Å². The number of hydrogen-bond donors (Lipinski definition) is 1. The molecular weight excluding hydrogens is 364 g/mol. The number of nitrogens with zero attached hydrogens (tertiary/aromatic N) is 1. The molecule has 1 aromatic heterocycles. The van der Waals surface area contributed by atoms with Gasteiger partial charge in [0.2, 0.25) is 5.89 Å². The number of nitrogens with one attached hydrogen (secondary N) is 1. The molecule has 1 N–H and O–H groups in total. The van der Waals surface area contributed by atoms with E-state index in [1.165, 1.54) is 11.1 Å². The van der Waals surface area contributed by atoms with Gasteiger partial charge >= 0.3 is 0 Å². The Balaban J connectivity index is 1.91. The highest BCUT2D eigenvalue weighted by molar-refractivity contribution is 7.98. The minimum absolute atomic E-state index is 0.0594. The largest absolute Gasteiger partial charge is 0.493 e. The van der Waals surface area contributed by atoms with Crippen LogP contribution in [0.5, 0.6) is 5.75 Å². The number of hydrogen-bond acceptors (Lipinski definition) is 5. The van der Waals surface area contributed by atoms with Crippen molar-refractivity contribution in [3.8, 4) is 5.75 Å². The number of thioether (sulfide) groups is 1. The molecule has 2 rings (SSSR count). The molecule has 0 saturated heterocycles. The number of ether oxygens (including phenoxy) is 1. The maximum atomic E-state index is 6.18. The first-order valence-corrected chi connectivity index (χ1v) is 10.5. The number of aromatic nitrogens is 2. The van der Waals surface area contributed by atoms with Crippen LogP contribution in [0, 0.1) is 4.84 Å². The van der Waals surface area contributed by atoms with Gasteiger partial charge in [-0.05, 0) is 52.4 Å². The Bertz CT molecular complexity index is 767. The molecule has 0 fully saturated rings. The second-order valence-corrected chi connectivity index (χ2v) is 9.95. The van der Waals surface area contributed by atoms with Crippen LogP contribution in [0.3, 0.4) is 0 Å². The van der Waals surface area contributed by atoms with Crippen LogP contribution in [0.1, 0.15) is 65.0 Å². The Kier molecular flexibility index (Phi) is 6.97. The minimum atomic E-state index is 0.0594. The molecule has 0 unspecified atom stereocenters. The second kappa shape index (κ2) is 8.61. The quantitative estimate of drug-likeness (QED) is 0.459. The minimum Gasteiger partial charge on any atom is -0.493 e. The van der Waals surface area contributed by atoms with E-state index in [0.717, 1.165) is 23.7 Å². The Hall–Kier alpha value is -1.27. The molecule has 144 valence electrons. The summed E-state index contributed by atoms with van der Waals surface area (Å²) in [4.78, 5) is 0.331. The molecule has 0 aliphatic rings. The number of benzene rings is 1. The third-order valence-electron chi connectivity index (χ3n) is 4.05. The van der Waals surface area contributed by atoms with Crippen molar-refractivity contribution in [2.24, 2.45) is 0 Å². The number of H-pyrrole nitrogens is 1. The van der Waals surface area contributed by atoms with Crippen LogP contribution in [-0.4, -0.2) is 22.6 Å². The van der Waals surface area contributed by atoms with E-state index in [1.54, 1.807) is 11.8 Å². The van der Waals surface area contributed by atoms with Crippen molar-refractivity contribution in [3.63, 3.8) is 0 Å². The van der Waals surface area contributed by atoms with Crippen molar-refractivity contribution in [1.29, 1.82) is 0 Å². The van der Waals surface area contributed by atoms with Crippen LogP contribution in [0.4, 0.5) is 0 Å². The third-order valence-corrected chi connectivity index (χ3v) is 5.26. The highest BCUT2D eigenvalue weighted by Crippen LogP contribution is 2.35. The monoisotopic (exact) mass is 394 g/mol. The zero-order chi connectivity index (χ0) is 19.4. The average Bonchev–Trinajstić information content (AvgIpc) is 2.94. The topological polar surface area (TPSA) is 51.0 Å². The van der Waals surface area contributed by atoms with Crippen LogP contribution in [-0.2, 0) is 16.6 Å². The predicted molar refractivity (Wildman–Crippen MR) is 112 cm³/mol. The lowest BCUT2D eigenvalue weighted by atomic mass is 9.81. The molecule has 2 aromatic rings. The van der Waals surface area contributed by atoms with Crippen LogP contribution in [0.25, 0.3) is 0 Å². The van der Waals surface area contributed by atoms with Gasteiger partial charge in [0, 0.05) is 0 Å². The summed E-state index contributed by atoms with van der Waals surface area (Å²) in [7, 11) is 0. The highest BCUT2D eigenvalue weighted by atomic mass is 32.2. The molecule has 0 spiro atoms. The first-order chi connectivity index (χ1) is 12.1. The van der Waals surface area contributed by atoms with Crippen molar-refractivity contribution in [3.05, 3.63) is 40.1 Å². The zero-order valence-corrected chi connectivity index (χ0v) is 18.3. The molecule has 0 radical (unpaired) electrons. The van der Waals surface area contributed by atoms with Crippen molar-refractivity contribution in [2.45, 2.75) is 64.5 Å². The van der Waals surface area contributed by atoms with E-state index in [2.05, 4.69) is 69.9 Å². The fourth-order valence-electron chi connectivity index (χ4n) is 2.55. The maximum absolute atomic E-state index is 6.18. The Labute approximate surface area is 166 Å². The summed E-state index contributed by atoms with van der Waals surface area (Å²) >= 11 is 6.64. The molecule has 4 nitrogen and oxygen atoms in total. The van der Waals surface area contributed by atoms with Crippen LogP contribution in [0.15, 0.2) is 22.6 Å². The lowest BCUT2D eigenvalue weighted by Crippen LogP contribution is -2.17. The van der Waals surface area contributed by atoms with Gasteiger partial charge in [0.25, 0.3) is 4.84 Å². The summed E-state index contributed by atoms with van der Waals surface area (Å²) < 4.78 is 11.4. The first-order valence-electron chi connectivity index (χ1n) is 8.97. The van der Waals surface area contributed by atoms with E-state index in [4.69, 9.17) is 21.4 Å². The average molecular weight is 395 g/mol. The number of aromatic amines is 1. The van der Waals surface area contributed by atoms with E-state index in [-0.39, 0.29) is 10.8 Å². The maximum Gasteiger partial charge on any atom is 0.284 e. The van der Waals surface area contributed by atoms with Gasteiger partial charge in [0.1, 0.15) is 5.75 Å². The van der Waals surface area contributed by atoms with Gasteiger partial charge in [-0.2, -0.15) is 11.8 Å². The molecule has 0 aliphatic carbocycles. The van der Waals surface area contributed by atoms with Gasteiger partial charge in [-0.15, -0.1) is 5.10 Å².